The molecule has 0 aromatic heterocycles. The van der Waals surface area contributed by atoms with Crippen LogP contribution in [0.5, 0.6) is 0 Å². The van der Waals surface area contributed by atoms with Gasteiger partial charge in [0.25, 0.3) is 0 Å². The van der Waals surface area contributed by atoms with E-state index in [1.165, 1.54) is 20.8 Å². The van der Waals surface area contributed by atoms with Gasteiger partial charge in [-0.25, -0.2) is 14.4 Å². The van der Waals surface area contributed by atoms with Gasteiger partial charge in [0.2, 0.25) is 0 Å². The predicted molar refractivity (Wildman–Crippen MR) is 114 cm³/mol. The lowest BCUT2D eigenvalue weighted by Crippen LogP contribution is -2.11. The van der Waals surface area contributed by atoms with Crippen molar-refractivity contribution in [1.29, 1.82) is 0 Å². The zero-order valence-corrected chi connectivity index (χ0v) is 18.5. The Hall–Kier alpha value is -2.57. The van der Waals surface area contributed by atoms with Crippen LogP contribution in [-0.2, 0) is 28.6 Å². The predicted octanol–water partition coefficient (Wildman–Crippen LogP) is 0.962. The summed E-state index contributed by atoms with van der Waals surface area (Å²) in [6.45, 7) is 16.6. The highest BCUT2D eigenvalue weighted by atomic mass is 16.5. The van der Waals surface area contributed by atoms with Gasteiger partial charge in [0.05, 0.1) is 52.9 Å². The molecule has 0 aromatic carbocycles. The number of aliphatic carboxylic acids is 3. The average molecular weight is 452 g/mol. The Morgan fingerprint density at radius 3 is 0.839 bits per heavy atom. The minimum absolute atomic E-state index is 0.0413. The van der Waals surface area contributed by atoms with Crippen LogP contribution in [0.4, 0.5) is 0 Å². The van der Waals surface area contributed by atoms with Crippen molar-refractivity contribution in [2.24, 2.45) is 0 Å². The van der Waals surface area contributed by atoms with Gasteiger partial charge in [0.1, 0.15) is 0 Å². The van der Waals surface area contributed by atoms with Crippen molar-refractivity contribution in [1.82, 2.24) is 0 Å². The van der Waals surface area contributed by atoms with E-state index in [0.29, 0.717) is 39.6 Å². The van der Waals surface area contributed by atoms with E-state index in [0.717, 1.165) is 0 Å². The molecule has 11 nitrogen and oxygen atoms in total. The Labute approximate surface area is 182 Å². The average Bonchev–Trinajstić information content (AvgIpc) is 2.68. The van der Waals surface area contributed by atoms with E-state index in [4.69, 9.17) is 39.7 Å². The summed E-state index contributed by atoms with van der Waals surface area (Å²) >= 11 is 0. The molecule has 0 aliphatic carbocycles. The molecular formula is C20H36O11. The maximum Gasteiger partial charge on any atom is 0.330 e. The molecule has 182 valence electrons. The summed E-state index contributed by atoms with van der Waals surface area (Å²) in [7, 11) is 0. The van der Waals surface area contributed by atoms with Gasteiger partial charge in [-0.05, 0) is 20.8 Å². The fraction of sp³-hybridized carbons (Fsp3) is 0.550. The summed E-state index contributed by atoms with van der Waals surface area (Å²) in [5, 5.41) is 40.4. The standard InChI is InChI=1S/C8H18O5.3C4H6O2/c9-1-3-11-5-7-13-8-6-12-4-2-10;3*1-3(2)4(5)6/h9-10H,1-8H2;3*1H2,2H3,(H,5,6). The third-order valence-corrected chi connectivity index (χ3v) is 2.31. The van der Waals surface area contributed by atoms with Crippen molar-refractivity contribution in [3.8, 4) is 0 Å². The van der Waals surface area contributed by atoms with Crippen LogP contribution in [-0.4, -0.2) is 96.3 Å². The molecule has 0 radical (unpaired) electrons. The van der Waals surface area contributed by atoms with E-state index in [1.54, 1.807) is 0 Å². The van der Waals surface area contributed by atoms with E-state index in [9.17, 15) is 14.4 Å². The molecule has 0 heterocycles. The van der Waals surface area contributed by atoms with Crippen LogP contribution >= 0.6 is 0 Å². The van der Waals surface area contributed by atoms with Crippen molar-refractivity contribution in [3.63, 3.8) is 0 Å². The maximum absolute atomic E-state index is 9.60. The zero-order valence-electron chi connectivity index (χ0n) is 18.5. The number of ether oxygens (including phenoxy) is 3. The summed E-state index contributed by atoms with van der Waals surface area (Å²) in [5.41, 5.74) is 0.528. The fourth-order valence-corrected chi connectivity index (χ4v) is 0.671. The highest BCUT2D eigenvalue weighted by Crippen LogP contribution is 1.82. The minimum atomic E-state index is -0.935. The molecule has 0 unspecified atom stereocenters. The van der Waals surface area contributed by atoms with Gasteiger partial charge in [-0.1, -0.05) is 19.7 Å². The number of carboxylic acids is 3. The number of hydrogen-bond acceptors (Lipinski definition) is 8. The molecule has 0 saturated carbocycles. The first-order valence-corrected chi connectivity index (χ1v) is 8.96. The Bertz CT molecular complexity index is 424. The fourth-order valence-electron chi connectivity index (χ4n) is 0.671. The van der Waals surface area contributed by atoms with Crippen LogP contribution in [0.3, 0.4) is 0 Å². The van der Waals surface area contributed by atoms with Gasteiger partial charge in [-0.15, -0.1) is 0 Å². The highest BCUT2D eigenvalue weighted by Gasteiger charge is 1.92. The van der Waals surface area contributed by atoms with Crippen molar-refractivity contribution >= 4 is 17.9 Å². The van der Waals surface area contributed by atoms with Crippen molar-refractivity contribution in [2.45, 2.75) is 20.8 Å². The molecule has 0 amide bonds. The number of carboxylic acid groups (broad SMARTS) is 3. The summed E-state index contributed by atoms with van der Waals surface area (Å²) in [5.74, 6) is -2.81. The second-order valence-corrected chi connectivity index (χ2v) is 5.54. The largest absolute Gasteiger partial charge is 0.478 e. The summed E-state index contributed by atoms with van der Waals surface area (Å²) < 4.78 is 15.0. The van der Waals surface area contributed by atoms with E-state index >= 15 is 0 Å². The first-order valence-electron chi connectivity index (χ1n) is 8.96. The maximum atomic E-state index is 9.60. The number of rotatable bonds is 13. The lowest BCUT2D eigenvalue weighted by atomic mass is 10.4. The molecule has 0 aliphatic heterocycles. The smallest absolute Gasteiger partial charge is 0.330 e. The number of carbonyl (C=O) groups is 3. The normalized spacial score (nSPS) is 8.81. The van der Waals surface area contributed by atoms with Crippen molar-refractivity contribution in [3.05, 3.63) is 36.5 Å². The topological polar surface area (TPSA) is 180 Å². The van der Waals surface area contributed by atoms with Crippen LogP contribution in [0.15, 0.2) is 36.5 Å². The number of aliphatic hydroxyl groups is 2. The van der Waals surface area contributed by atoms with Crippen LogP contribution in [0, 0.1) is 0 Å². The van der Waals surface area contributed by atoms with Gasteiger partial charge in [0, 0.05) is 16.7 Å². The molecule has 0 atom stereocenters. The third kappa shape index (κ3) is 47.0. The van der Waals surface area contributed by atoms with Crippen LogP contribution < -0.4 is 0 Å². The Kier molecular flexibility index (Phi) is 31.7. The summed E-state index contributed by atoms with van der Waals surface area (Å²) in [4.78, 5) is 28.8. The van der Waals surface area contributed by atoms with Crippen molar-refractivity contribution in [2.75, 3.05) is 52.9 Å². The first-order chi connectivity index (χ1) is 14.3. The van der Waals surface area contributed by atoms with Crippen molar-refractivity contribution < 1.29 is 54.1 Å². The molecule has 0 rings (SSSR count). The first kappa shape index (κ1) is 35.8. The van der Waals surface area contributed by atoms with Crippen LogP contribution in [0.2, 0.25) is 0 Å². The second kappa shape index (κ2) is 27.4. The van der Waals surface area contributed by atoms with Gasteiger partial charge < -0.3 is 39.7 Å². The Balaban J connectivity index is -0.000000171. The molecular weight excluding hydrogens is 416 g/mol. The van der Waals surface area contributed by atoms with Crippen LogP contribution in [0.1, 0.15) is 20.8 Å². The van der Waals surface area contributed by atoms with E-state index in [-0.39, 0.29) is 29.9 Å². The van der Waals surface area contributed by atoms with Gasteiger partial charge in [-0.2, -0.15) is 0 Å². The van der Waals surface area contributed by atoms with Crippen LogP contribution in [0.25, 0.3) is 0 Å². The Morgan fingerprint density at radius 2 is 0.710 bits per heavy atom. The zero-order chi connectivity index (χ0) is 25.2. The Morgan fingerprint density at radius 1 is 0.548 bits per heavy atom. The molecule has 0 aromatic rings. The SMILES string of the molecule is C=C(C)C(=O)O.C=C(C)C(=O)O.C=C(C)C(=O)O.OCCOCCOCCOCCO. The minimum Gasteiger partial charge on any atom is -0.478 e. The third-order valence-electron chi connectivity index (χ3n) is 2.31. The summed E-state index contributed by atoms with van der Waals surface area (Å²) in [6.07, 6.45) is 0. The molecule has 0 bridgehead atoms. The van der Waals surface area contributed by atoms with Gasteiger partial charge in [-0.3, -0.25) is 0 Å². The lowest BCUT2D eigenvalue weighted by molar-refractivity contribution is -0.133. The number of aliphatic hydroxyl groups excluding tert-OH is 2. The van der Waals surface area contributed by atoms with Gasteiger partial charge in [0.15, 0.2) is 0 Å². The van der Waals surface area contributed by atoms with E-state index in [1.807, 2.05) is 0 Å². The molecule has 0 saturated heterocycles. The monoisotopic (exact) mass is 452 g/mol. The molecule has 0 aliphatic rings. The van der Waals surface area contributed by atoms with E-state index in [2.05, 4.69) is 19.7 Å². The second-order valence-electron chi connectivity index (χ2n) is 5.54. The van der Waals surface area contributed by atoms with E-state index < -0.39 is 17.9 Å². The molecule has 0 spiro atoms. The lowest BCUT2D eigenvalue weighted by Gasteiger charge is -2.04. The molecule has 11 heteroatoms. The molecule has 31 heavy (non-hydrogen) atoms. The number of hydrogen-bond donors (Lipinski definition) is 5. The summed E-state index contributed by atoms with van der Waals surface area (Å²) in [6, 6.07) is 0. The van der Waals surface area contributed by atoms with Gasteiger partial charge >= 0.3 is 17.9 Å². The molecule has 0 fully saturated rings. The molecule has 5 N–H and O–H groups in total. The highest BCUT2D eigenvalue weighted by molar-refractivity contribution is 5.85. The quantitative estimate of drug-likeness (QED) is 0.198.